The zero-order valence-corrected chi connectivity index (χ0v) is 17.2. The number of amides is 1. The summed E-state index contributed by atoms with van der Waals surface area (Å²) in [6.07, 6.45) is 0. The maximum atomic E-state index is 12.5. The SMILES string of the molecule is COCC[NH+](CC(=O)NCc1ccc(OC)cc1)Cc1nc2ccccc2c(=O)[nH]1. The Hall–Kier alpha value is -3.23. The van der Waals surface area contributed by atoms with Crippen LogP contribution in [0.1, 0.15) is 11.4 Å². The molecule has 0 bridgehead atoms. The quantitative estimate of drug-likeness (QED) is 0.445. The summed E-state index contributed by atoms with van der Waals surface area (Å²) < 4.78 is 10.3. The average molecular weight is 411 g/mol. The smallest absolute Gasteiger partial charge is 0.275 e. The molecule has 2 aromatic carbocycles. The van der Waals surface area contributed by atoms with Crippen LogP contribution in [-0.2, 0) is 22.6 Å². The molecule has 0 fully saturated rings. The maximum absolute atomic E-state index is 12.5. The molecule has 0 aliphatic carbocycles. The van der Waals surface area contributed by atoms with Crippen LogP contribution < -0.4 is 20.5 Å². The number of H-pyrrole nitrogens is 1. The van der Waals surface area contributed by atoms with Crippen LogP contribution in [0.2, 0.25) is 0 Å². The number of hydrogen-bond acceptors (Lipinski definition) is 5. The Kier molecular flexibility index (Phi) is 7.53. The van der Waals surface area contributed by atoms with E-state index < -0.39 is 0 Å². The number of ether oxygens (including phenoxy) is 2. The normalized spacial score (nSPS) is 11.9. The van der Waals surface area contributed by atoms with Gasteiger partial charge in [0, 0.05) is 13.7 Å². The molecule has 1 heterocycles. The van der Waals surface area contributed by atoms with Crippen LogP contribution in [0, 0.1) is 0 Å². The molecule has 1 atom stereocenters. The van der Waals surface area contributed by atoms with Gasteiger partial charge in [0.05, 0.1) is 24.6 Å². The van der Waals surface area contributed by atoms with Gasteiger partial charge in [-0.15, -0.1) is 0 Å². The van der Waals surface area contributed by atoms with Gasteiger partial charge in [0.15, 0.2) is 12.4 Å². The van der Waals surface area contributed by atoms with Crippen LogP contribution >= 0.6 is 0 Å². The van der Waals surface area contributed by atoms with E-state index in [9.17, 15) is 9.59 Å². The molecule has 3 N–H and O–H groups in total. The lowest BCUT2D eigenvalue weighted by Crippen LogP contribution is -3.12. The summed E-state index contributed by atoms with van der Waals surface area (Å²) in [7, 11) is 3.24. The minimum absolute atomic E-state index is 0.0833. The van der Waals surface area contributed by atoms with Gasteiger partial charge in [-0.3, -0.25) is 9.59 Å². The van der Waals surface area contributed by atoms with Crippen molar-refractivity contribution in [2.24, 2.45) is 0 Å². The van der Waals surface area contributed by atoms with Crippen molar-refractivity contribution in [2.45, 2.75) is 13.1 Å². The number of benzene rings is 2. The van der Waals surface area contributed by atoms with E-state index in [0.717, 1.165) is 16.2 Å². The fraction of sp³-hybridized carbons (Fsp3) is 0.318. The van der Waals surface area contributed by atoms with Crippen LogP contribution in [0.5, 0.6) is 5.75 Å². The molecule has 3 aromatic rings. The molecule has 158 valence electrons. The Morgan fingerprint density at radius 2 is 1.90 bits per heavy atom. The summed E-state index contributed by atoms with van der Waals surface area (Å²) in [6, 6.07) is 14.8. The van der Waals surface area contributed by atoms with Crippen molar-refractivity contribution in [1.29, 1.82) is 0 Å². The van der Waals surface area contributed by atoms with Gasteiger partial charge in [-0.2, -0.15) is 0 Å². The molecular weight excluding hydrogens is 384 g/mol. The lowest BCUT2D eigenvalue weighted by molar-refractivity contribution is -0.906. The lowest BCUT2D eigenvalue weighted by Gasteiger charge is -2.18. The predicted molar refractivity (Wildman–Crippen MR) is 113 cm³/mol. The fourth-order valence-electron chi connectivity index (χ4n) is 3.17. The van der Waals surface area contributed by atoms with E-state index in [1.54, 1.807) is 20.3 Å². The van der Waals surface area contributed by atoms with Gasteiger partial charge < -0.3 is 24.7 Å². The van der Waals surface area contributed by atoms with E-state index in [0.29, 0.717) is 43.0 Å². The molecule has 30 heavy (non-hydrogen) atoms. The van der Waals surface area contributed by atoms with Crippen molar-refractivity contribution in [3.8, 4) is 5.75 Å². The fourth-order valence-corrected chi connectivity index (χ4v) is 3.17. The zero-order valence-electron chi connectivity index (χ0n) is 17.2. The highest BCUT2D eigenvalue weighted by molar-refractivity contribution is 5.77. The second-order valence-corrected chi connectivity index (χ2v) is 7.00. The first-order valence-corrected chi connectivity index (χ1v) is 9.79. The Labute approximate surface area is 174 Å². The minimum atomic E-state index is -0.175. The number of fused-ring (bicyclic) bond motifs is 1. The molecule has 8 nitrogen and oxygen atoms in total. The highest BCUT2D eigenvalue weighted by Crippen LogP contribution is 2.10. The molecule has 8 heteroatoms. The minimum Gasteiger partial charge on any atom is -0.497 e. The Balaban J connectivity index is 1.63. The molecule has 1 aromatic heterocycles. The van der Waals surface area contributed by atoms with Gasteiger partial charge in [-0.1, -0.05) is 24.3 Å². The largest absolute Gasteiger partial charge is 0.497 e. The number of nitrogens with zero attached hydrogens (tertiary/aromatic N) is 1. The van der Waals surface area contributed by atoms with Gasteiger partial charge in [0.25, 0.3) is 11.5 Å². The van der Waals surface area contributed by atoms with E-state index in [2.05, 4.69) is 15.3 Å². The second-order valence-electron chi connectivity index (χ2n) is 7.00. The van der Waals surface area contributed by atoms with E-state index in [4.69, 9.17) is 9.47 Å². The first kappa shape index (κ1) is 21.5. The van der Waals surface area contributed by atoms with Crippen molar-refractivity contribution in [3.63, 3.8) is 0 Å². The second kappa shape index (κ2) is 10.5. The standard InChI is InChI=1S/C22H26N4O4/c1-29-12-11-26(14-20-24-19-6-4-3-5-18(19)22(28)25-20)15-21(27)23-13-16-7-9-17(30-2)10-8-16/h3-10H,11-15H2,1-2H3,(H,23,27)(H,24,25,28)/p+1. The van der Waals surface area contributed by atoms with Crippen LogP contribution in [0.15, 0.2) is 53.3 Å². The Morgan fingerprint density at radius 3 is 2.63 bits per heavy atom. The summed E-state index contributed by atoms with van der Waals surface area (Å²) in [5.41, 5.74) is 1.46. The summed E-state index contributed by atoms with van der Waals surface area (Å²) in [6.45, 7) is 2.21. The molecule has 0 saturated heterocycles. The summed E-state index contributed by atoms with van der Waals surface area (Å²) in [5.74, 6) is 1.24. The summed E-state index contributed by atoms with van der Waals surface area (Å²) in [4.78, 5) is 33.1. The maximum Gasteiger partial charge on any atom is 0.275 e. The van der Waals surface area contributed by atoms with Crippen LogP contribution in [0.3, 0.4) is 0 Å². The highest BCUT2D eigenvalue weighted by Gasteiger charge is 2.17. The first-order chi connectivity index (χ1) is 14.6. The van der Waals surface area contributed by atoms with E-state index in [-0.39, 0.29) is 18.0 Å². The number of rotatable bonds is 10. The number of aromatic nitrogens is 2. The van der Waals surface area contributed by atoms with Gasteiger partial charge in [0.1, 0.15) is 18.8 Å². The molecule has 0 saturated carbocycles. The third-order valence-electron chi connectivity index (χ3n) is 4.80. The Bertz CT molecular complexity index is 1030. The van der Waals surface area contributed by atoms with Gasteiger partial charge in [0.2, 0.25) is 0 Å². The number of para-hydroxylation sites is 1. The molecule has 0 radical (unpaired) electrons. The van der Waals surface area contributed by atoms with Crippen LogP contribution in [0.25, 0.3) is 10.9 Å². The summed E-state index contributed by atoms with van der Waals surface area (Å²) in [5, 5.41) is 3.49. The number of carbonyl (C=O) groups is 1. The van der Waals surface area contributed by atoms with E-state index in [1.807, 2.05) is 42.5 Å². The van der Waals surface area contributed by atoms with Gasteiger partial charge in [-0.25, -0.2) is 4.98 Å². The Morgan fingerprint density at radius 1 is 1.13 bits per heavy atom. The number of methoxy groups -OCH3 is 2. The average Bonchev–Trinajstić information content (AvgIpc) is 2.76. The van der Waals surface area contributed by atoms with Crippen molar-refractivity contribution in [2.75, 3.05) is 33.9 Å². The number of aromatic amines is 1. The third kappa shape index (κ3) is 5.88. The van der Waals surface area contributed by atoms with Gasteiger partial charge >= 0.3 is 0 Å². The lowest BCUT2D eigenvalue weighted by atomic mass is 10.2. The topological polar surface area (TPSA) is 97.8 Å². The molecular formula is C22H27N4O4+. The molecule has 3 rings (SSSR count). The molecule has 0 spiro atoms. The molecule has 0 aliphatic heterocycles. The van der Waals surface area contributed by atoms with Crippen molar-refractivity contribution in [1.82, 2.24) is 15.3 Å². The van der Waals surface area contributed by atoms with E-state index in [1.165, 1.54) is 0 Å². The molecule has 0 aliphatic rings. The van der Waals surface area contributed by atoms with Crippen molar-refractivity contribution >= 4 is 16.8 Å². The predicted octanol–water partition coefficient (Wildman–Crippen LogP) is 0.279. The number of quaternary nitrogens is 1. The highest BCUT2D eigenvalue weighted by atomic mass is 16.5. The number of hydrogen-bond donors (Lipinski definition) is 3. The van der Waals surface area contributed by atoms with Crippen LogP contribution in [0.4, 0.5) is 0 Å². The van der Waals surface area contributed by atoms with Crippen molar-refractivity contribution in [3.05, 3.63) is 70.3 Å². The zero-order chi connectivity index (χ0) is 21.3. The van der Waals surface area contributed by atoms with Gasteiger partial charge in [-0.05, 0) is 29.8 Å². The number of nitrogens with one attached hydrogen (secondary N) is 3. The monoisotopic (exact) mass is 411 g/mol. The summed E-state index contributed by atoms with van der Waals surface area (Å²) >= 11 is 0. The molecule has 1 unspecified atom stereocenters. The molecule has 1 amide bonds. The number of carbonyl (C=O) groups excluding carboxylic acids is 1. The van der Waals surface area contributed by atoms with Crippen LogP contribution in [-0.4, -0.2) is 49.8 Å². The van der Waals surface area contributed by atoms with E-state index >= 15 is 0 Å². The van der Waals surface area contributed by atoms with Crippen molar-refractivity contribution < 1.29 is 19.2 Å². The third-order valence-corrected chi connectivity index (χ3v) is 4.80. The first-order valence-electron chi connectivity index (χ1n) is 9.79.